The van der Waals surface area contributed by atoms with Crippen LogP contribution in [0.25, 0.3) is 0 Å². The van der Waals surface area contributed by atoms with Gasteiger partial charge in [0.2, 0.25) is 0 Å². The van der Waals surface area contributed by atoms with Gasteiger partial charge in [-0.15, -0.1) is 0 Å². The average Bonchev–Trinajstić information content (AvgIpc) is 2.39. The molecule has 0 aromatic heterocycles. The van der Waals surface area contributed by atoms with Crippen LogP contribution in [0.1, 0.15) is 33.3 Å². The number of hydrogen-bond donors (Lipinski definition) is 1. The van der Waals surface area contributed by atoms with E-state index in [2.05, 4.69) is 51.8 Å². The van der Waals surface area contributed by atoms with E-state index in [9.17, 15) is 0 Å². The molecule has 0 saturated heterocycles. The van der Waals surface area contributed by atoms with Crippen LogP contribution in [-0.2, 0) is 6.42 Å². The first-order chi connectivity index (χ1) is 9.34. The highest BCUT2D eigenvalue weighted by molar-refractivity contribution is 5.27. The SMILES string of the molecule is CC(N(C)CCOc1ccc(CCN)cc1)C(C)(C)C. The number of likely N-dealkylation sites (N-methyl/N-ethyl adjacent to an activating group) is 1. The van der Waals surface area contributed by atoms with Crippen LogP contribution in [-0.4, -0.2) is 37.7 Å². The molecule has 1 unspecified atom stereocenters. The molecule has 0 aliphatic carbocycles. The van der Waals surface area contributed by atoms with E-state index in [0.717, 1.165) is 18.7 Å². The van der Waals surface area contributed by atoms with Crippen molar-refractivity contribution in [3.8, 4) is 5.75 Å². The smallest absolute Gasteiger partial charge is 0.119 e. The topological polar surface area (TPSA) is 38.5 Å². The van der Waals surface area contributed by atoms with Gasteiger partial charge < -0.3 is 10.5 Å². The van der Waals surface area contributed by atoms with Gasteiger partial charge in [0.15, 0.2) is 0 Å². The number of benzene rings is 1. The average molecular weight is 278 g/mol. The molecule has 1 atom stereocenters. The van der Waals surface area contributed by atoms with Gasteiger partial charge in [-0.05, 0) is 50.0 Å². The molecule has 0 aliphatic heterocycles. The van der Waals surface area contributed by atoms with E-state index in [-0.39, 0.29) is 0 Å². The molecule has 0 heterocycles. The Morgan fingerprint density at radius 1 is 1.20 bits per heavy atom. The molecule has 0 amide bonds. The van der Waals surface area contributed by atoms with Gasteiger partial charge in [-0.3, -0.25) is 4.90 Å². The quantitative estimate of drug-likeness (QED) is 0.833. The third-order valence-electron chi connectivity index (χ3n) is 3.98. The summed E-state index contributed by atoms with van der Waals surface area (Å²) < 4.78 is 5.80. The third-order valence-corrected chi connectivity index (χ3v) is 3.98. The van der Waals surface area contributed by atoms with E-state index in [0.29, 0.717) is 24.6 Å². The lowest BCUT2D eigenvalue weighted by Crippen LogP contribution is -2.41. The normalized spacial score (nSPS) is 13.6. The zero-order valence-electron chi connectivity index (χ0n) is 13.6. The fraction of sp³-hybridized carbons (Fsp3) is 0.647. The number of nitrogens with two attached hydrogens (primary N) is 1. The maximum Gasteiger partial charge on any atom is 0.119 e. The summed E-state index contributed by atoms with van der Waals surface area (Å²) in [6.07, 6.45) is 0.923. The van der Waals surface area contributed by atoms with Gasteiger partial charge in [0.1, 0.15) is 12.4 Å². The van der Waals surface area contributed by atoms with Gasteiger partial charge >= 0.3 is 0 Å². The summed E-state index contributed by atoms with van der Waals surface area (Å²) in [4.78, 5) is 2.35. The molecular formula is C17H30N2O. The fourth-order valence-electron chi connectivity index (χ4n) is 2.08. The Morgan fingerprint density at radius 2 is 1.80 bits per heavy atom. The van der Waals surface area contributed by atoms with Crippen LogP contribution >= 0.6 is 0 Å². The molecule has 114 valence electrons. The minimum absolute atomic E-state index is 0.290. The van der Waals surface area contributed by atoms with Crippen LogP contribution in [0.5, 0.6) is 5.75 Å². The van der Waals surface area contributed by atoms with Gasteiger partial charge in [0.25, 0.3) is 0 Å². The number of hydrogen-bond acceptors (Lipinski definition) is 3. The summed E-state index contributed by atoms with van der Waals surface area (Å²) in [7, 11) is 2.16. The zero-order chi connectivity index (χ0) is 15.2. The lowest BCUT2D eigenvalue weighted by Gasteiger charge is -2.35. The van der Waals surface area contributed by atoms with Gasteiger partial charge in [0, 0.05) is 12.6 Å². The second-order valence-corrected chi connectivity index (χ2v) is 6.55. The van der Waals surface area contributed by atoms with Crippen LogP contribution in [0.4, 0.5) is 0 Å². The summed E-state index contributed by atoms with van der Waals surface area (Å²) in [6, 6.07) is 8.75. The Hall–Kier alpha value is -1.06. The summed E-state index contributed by atoms with van der Waals surface area (Å²) in [6.45, 7) is 11.4. The minimum Gasteiger partial charge on any atom is -0.492 e. The molecule has 1 rings (SSSR count). The molecule has 0 fully saturated rings. The van der Waals surface area contributed by atoms with Crippen LogP contribution in [0.15, 0.2) is 24.3 Å². The first-order valence-corrected chi connectivity index (χ1v) is 7.46. The van der Waals surface area contributed by atoms with Crippen molar-refractivity contribution < 1.29 is 4.74 Å². The second-order valence-electron chi connectivity index (χ2n) is 6.55. The summed E-state index contributed by atoms with van der Waals surface area (Å²) in [5.41, 5.74) is 7.09. The molecule has 1 aromatic rings. The molecule has 0 bridgehead atoms. The molecule has 3 heteroatoms. The molecule has 0 spiro atoms. The highest BCUT2D eigenvalue weighted by Gasteiger charge is 2.23. The standard InChI is InChI=1S/C17H30N2O/c1-14(17(2,3)4)19(5)12-13-20-16-8-6-15(7-9-16)10-11-18/h6-9,14H,10-13,18H2,1-5H3. The Morgan fingerprint density at radius 3 is 2.30 bits per heavy atom. The van der Waals surface area contributed by atoms with Crippen molar-refractivity contribution in [2.45, 2.75) is 40.2 Å². The number of nitrogens with zero attached hydrogens (tertiary/aromatic N) is 1. The van der Waals surface area contributed by atoms with Crippen LogP contribution in [0.2, 0.25) is 0 Å². The van der Waals surface area contributed by atoms with Gasteiger partial charge in [0.05, 0.1) is 0 Å². The van der Waals surface area contributed by atoms with E-state index in [1.807, 2.05) is 12.1 Å². The second kappa shape index (κ2) is 7.65. The lowest BCUT2D eigenvalue weighted by molar-refractivity contribution is 0.121. The molecule has 0 radical (unpaired) electrons. The largest absolute Gasteiger partial charge is 0.492 e. The minimum atomic E-state index is 0.290. The van der Waals surface area contributed by atoms with Gasteiger partial charge in [-0.25, -0.2) is 0 Å². The molecule has 1 aromatic carbocycles. The molecular weight excluding hydrogens is 248 g/mol. The van der Waals surface area contributed by atoms with Crippen molar-refractivity contribution in [1.82, 2.24) is 4.90 Å². The van der Waals surface area contributed by atoms with Crippen LogP contribution < -0.4 is 10.5 Å². The van der Waals surface area contributed by atoms with Crippen molar-refractivity contribution in [3.05, 3.63) is 29.8 Å². The Balaban J connectivity index is 2.37. The van der Waals surface area contributed by atoms with Gasteiger partial charge in [-0.2, -0.15) is 0 Å². The number of ether oxygens (including phenoxy) is 1. The van der Waals surface area contributed by atoms with E-state index in [1.165, 1.54) is 5.56 Å². The summed E-state index contributed by atoms with van der Waals surface area (Å²) >= 11 is 0. The van der Waals surface area contributed by atoms with Crippen LogP contribution in [0, 0.1) is 5.41 Å². The number of rotatable bonds is 7. The maximum atomic E-state index is 5.80. The predicted molar refractivity (Wildman–Crippen MR) is 86.2 cm³/mol. The van der Waals surface area contributed by atoms with E-state index >= 15 is 0 Å². The molecule has 2 N–H and O–H groups in total. The van der Waals surface area contributed by atoms with Crippen molar-refractivity contribution in [3.63, 3.8) is 0 Å². The van der Waals surface area contributed by atoms with E-state index in [1.54, 1.807) is 0 Å². The van der Waals surface area contributed by atoms with Gasteiger partial charge in [-0.1, -0.05) is 32.9 Å². The first-order valence-electron chi connectivity index (χ1n) is 7.46. The Labute approximate surface area is 124 Å². The first kappa shape index (κ1) is 17.0. The third kappa shape index (κ3) is 5.51. The summed E-state index contributed by atoms with van der Waals surface area (Å²) in [5.74, 6) is 0.933. The highest BCUT2D eigenvalue weighted by Crippen LogP contribution is 2.22. The van der Waals surface area contributed by atoms with E-state index in [4.69, 9.17) is 10.5 Å². The van der Waals surface area contributed by atoms with Crippen molar-refractivity contribution >= 4 is 0 Å². The molecule has 3 nitrogen and oxygen atoms in total. The Bertz CT molecular complexity index is 381. The van der Waals surface area contributed by atoms with Crippen molar-refractivity contribution in [2.75, 3.05) is 26.7 Å². The highest BCUT2D eigenvalue weighted by atomic mass is 16.5. The monoisotopic (exact) mass is 278 g/mol. The van der Waals surface area contributed by atoms with E-state index < -0.39 is 0 Å². The molecule has 20 heavy (non-hydrogen) atoms. The fourth-order valence-corrected chi connectivity index (χ4v) is 2.08. The van der Waals surface area contributed by atoms with Crippen molar-refractivity contribution in [1.29, 1.82) is 0 Å². The zero-order valence-corrected chi connectivity index (χ0v) is 13.6. The summed E-state index contributed by atoms with van der Waals surface area (Å²) in [5, 5.41) is 0. The Kier molecular flexibility index (Phi) is 6.50. The molecule has 0 saturated carbocycles. The predicted octanol–water partition coefficient (Wildman–Crippen LogP) is 2.93. The van der Waals surface area contributed by atoms with Crippen molar-refractivity contribution in [2.24, 2.45) is 11.1 Å². The lowest BCUT2D eigenvalue weighted by atomic mass is 9.87. The maximum absolute atomic E-state index is 5.80. The molecule has 0 aliphatic rings. The van der Waals surface area contributed by atoms with Crippen LogP contribution in [0.3, 0.4) is 0 Å².